The van der Waals surface area contributed by atoms with E-state index in [1.165, 1.54) is 11.3 Å². The standard InChI is InChI=1S/C17H14N6O2S.C6H14O/c18-14(24)10-2-1-5-23-8-12(21-15(10)23)16(25)20-7-9-3-4-11-13(6-9)26-17(19)22-11;1-6(2)4-3-5-7/h1-6,8H,7H2,(H2,18,24)(H2,19,22)(H,20,25);6-7H,3-5H2,1-2H3. The van der Waals surface area contributed by atoms with Crippen molar-refractivity contribution in [2.75, 3.05) is 12.3 Å². The number of aromatic nitrogens is 3. The van der Waals surface area contributed by atoms with E-state index in [4.69, 9.17) is 16.6 Å². The van der Waals surface area contributed by atoms with Crippen LogP contribution < -0.4 is 16.8 Å². The fourth-order valence-corrected chi connectivity index (χ4v) is 3.98. The van der Waals surface area contributed by atoms with Gasteiger partial charge in [-0.25, -0.2) is 9.97 Å². The van der Waals surface area contributed by atoms with E-state index < -0.39 is 5.91 Å². The highest BCUT2D eigenvalue weighted by molar-refractivity contribution is 7.22. The Morgan fingerprint density at radius 2 is 2.03 bits per heavy atom. The molecule has 9 nitrogen and oxygen atoms in total. The molecule has 3 heterocycles. The van der Waals surface area contributed by atoms with Crippen molar-refractivity contribution in [3.63, 3.8) is 0 Å². The van der Waals surface area contributed by atoms with Crippen molar-refractivity contribution < 1.29 is 14.7 Å². The Hall–Kier alpha value is -3.50. The van der Waals surface area contributed by atoms with Crippen LogP contribution in [0.25, 0.3) is 15.9 Å². The van der Waals surface area contributed by atoms with E-state index in [-0.39, 0.29) is 17.2 Å². The number of pyridine rings is 1. The van der Waals surface area contributed by atoms with E-state index in [1.807, 2.05) is 18.2 Å². The fraction of sp³-hybridized carbons (Fsp3) is 0.304. The highest BCUT2D eigenvalue weighted by Gasteiger charge is 2.15. The van der Waals surface area contributed by atoms with Crippen LogP contribution in [0.5, 0.6) is 0 Å². The van der Waals surface area contributed by atoms with Crippen molar-refractivity contribution in [2.45, 2.75) is 33.2 Å². The van der Waals surface area contributed by atoms with Gasteiger partial charge in [0.2, 0.25) is 0 Å². The molecule has 4 rings (SSSR count). The third-order valence-corrected chi connectivity index (χ3v) is 5.69. The summed E-state index contributed by atoms with van der Waals surface area (Å²) in [6.07, 6.45) is 5.37. The second-order valence-electron chi connectivity index (χ2n) is 7.94. The Bertz CT molecular complexity index is 1260. The van der Waals surface area contributed by atoms with Crippen LogP contribution in [-0.4, -0.2) is 37.9 Å². The number of fused-ring (bicyclic) bond motifs is 2. The number of amides is 2. The molecule has 3 aromatic heterocycles. The summed E-state index contributed by atoms with van der Waals surface area (Å²) in [6.45, 7) is 5.01. The van der Waals surface area contributed by atoms with E-state index >= 15 is 0 Å². The van der Waals surface area contributed by atoms with Crippen molar-refractivity contribution in [1.82, 2.24) is 19.7 Å². The molecule has 0 fully saturated rings. The summed E-state index contributed by atoms with van der Waals surface area (Å²) >= 11 is 1.40. The summed E-state index contributed by atoms with van der Waals surface area (Å²) in [6, 6.07) is 8.94. The summed E-state index contributed by atoms with van der Waals surface area (Å²) in [5.74, 6) is -0.189. The number of carbonyl (C=O) groups is 2. The van der Waals surface area contributed by atoms with Gasteiger partial charge in [-0.15, -0.1) is 0 Å². The Labute approximate surface area is 195 Å². The first kappa shape index (κ1) is 24.1. The zero-order valence-corrected chi connectivity index (χ0v) is 19.4. The number of nitrogens with one attached hydrogen (secondary N) is 1. The van der Waals surface area contributed by atoms with E-state index in [2.05, 4.69) is 29.1 Å². The lowest BCUT2D eigenvalue weighted by Gasteiger charge is -2.03. The molecule has 0 aliphatic rings. The van der Waals surface area contributed by atoms with Gasteiger partial charge in [-0.2, -0.15) is 0 Å². The Morgan fingerprint density at radius 3 is 2.70 bits per heavy atom. The maximum atomic E-state index is 12.4. The Morgan fingerprint density at radius 1 is 1.24 bits per heavy atom. The van der Waals surface area contributed by atoms with Crippen molar-refractivity contribution in [2.24, 2.45) is 11.7 Å². The van der Waals surface area contributed by atoms with Crippen LogP contribution in [0.1, 0.15) is 53.1 Å². The molecule has 6 N–H and O–H groups in total. The third kappa shape index (κ3) is 6.27. The number of nitrogens with two attached hydrogens (primary N) is 2. The summed E-state index contributed by atoms with van der Waals surface area (Å²) in [7, 11) is 0. The van der Waals surface area contributed by atoms with Gasteiger partial charge in [0.1, 0.15) is 5.69 Å². The largest absolute Gasteiger partial charge is 0.396 e. The lowest BCUT2D eigenvalue weighted by molar-refractivity contribution is 0.0945. The molecule has 0 unspecified atom stereocenters. The first-order chi connectivity index (χ1) is 15.8. The molecule has 0 aliphatic carbocycles. The number of hydrogen-bond acceptors (Lipinski definition) is 7. The summed E-state index contributed by atoms with van der Waals surface area (Å²) in [4.78, 5) is 32.3. The summed E-state index contributed by atoms with van der Waals surface area (Å²) < 4.78 is 2.56. The van der Waals surface area contributed by atoms with Gasteiger partial charge >= 0.3 is 0 Å². The molecular weight excluding hydrogens is 440 g/mol. The highest BCUT2D eigenvalue weighted by atomic mass is 32.1. The molecule has 4 aromatic rings. The molecule has 2 amide bonds. The lowest BCUT2D eigenvalue weighted by Crippen LogP contribution is -2.23. The topological polar surface area (TPSA) is 149 Å². The zero-order chi connectivity index (χ0) is 24.0. The van der Waals surface area contributed by atoms with Gasteiger partial charge in [-0.3, -0.25) is 9.59 Å². The zero-order valence-electron chi connectivity index (χ0n) is 18.6. The second kappa shape index (κ2) is 10.9. The van der Waals surface area contributed by atoms with Crippen LogP contribution in [-0.2, 0) is 6.54 Å². The predicted molar refractivity (Wildman–Crippen MR) is 130 cm³/mol. The normalized spacial score (nSPS) is 10.9. The van der Waals surface area contributed by atoms with Crippen LogP contribution >= 0.6 is 11.3 Å². The summed E-state index contributed by atoms with van der Waals surface area (Å²) in [5, 5.41) is 11.6. The van der Waals surface area contributed by atoms with Crippen molar-refractivity contribution in [1.29, 1.82) is 0 Å². The minimum absolute atomic E-state index is 0.210. The fourth-order valence-electron chi connectivity index (χ4n) is 3.18. The molecule has 33 heavy (non-hydrogen) atoms. The number of nitrogens with zero attached hydrogens (tertiary/aromatic N) is 3. The third-order valence-electron chi connectivity index (χ3n) is 4.84. The molecule has 0 spiro atoms. The van der Waals surface area contributed by atoms with Gasteiger partial charge in [-0.1, -0.05) is 31.3 Å². The van der Waals surface area contributed by atoms with Gasteiger partial charge in [-0.05, 0) is 48.6 Å². The van der Waals surface area contributed by atoms with E-state index in [0.717, 1.165) is 34.5 Å². The number of aliphatic hydroxyl groups is 1. The minimum atomic E-state index is -0.592. The molecule has 0 saturated heterocycles. The van der Waals surface area contributed by atoms with Gasteiger partial charge in [0.05, 0.1) is 15.8 Å². The van der Waals surface area contributed by atoms with Gasteiger partial charge in [0.15, 0.2) is 10.8 Å². The molecule has 0 aliphatic heterocycles. The number of aliphatic hydroxyl groups excluding tert-OH is 1. The van der Waals surface area contributed by atoms with E-state index in [0.29, 0.717) is 23.9 Å². The van der Waals surface area contributed by atoms with Gasteiger partial charge in [0, 0.05) is 25.5 Å². The second-order valence-corrected chi connectivity index (χ2v) is 9.00. The van der Waals surface area contributed by atoms with Crippen LogP contribution in [0.15, 0.2) is 42.7 Å². The SMILES string of the molecule is CC(C)CCCO.NC(=O)c1cccn2cc(C(=O)NCc3ccc4nc(N)sc4c3)nc12. The predicted octanol–water partition coefficient (Wildman–Crippen LogP) is 2.97. The summed E-state index contributed by atoms with van der Waals surface area (Å²) in [5.41, 5.74) is 13.6. The monoisotopic (exact) mass is 468 g/mol. The average Bonchev–Trinajstić information content (AvgIpc) is 3.38. The van der Waals surface area contributed by atoms with Crippen molar-refractivity contribution in [3.8, 4) is 0 Å². The molecule has 0 bridgehead atoms. The molecule has 0 radical (unpaired) electrons. The number of benzene rings is 1. The number of carbonyl (C=O) groups excluding carboxylic acids is 2. The van der Waals surface area contributed by atoms with Crippen LogP contribution in [0.2, 0.25) is 0 Å². The number of nitrogen functional groups attached to an aromatic ring is 1. The lowest BCUT2D eigenvalue weighted by atomic mass is 10.1. The Balaban J connectivity index is 0.000000383. The maximum Gasteiger partial charge on any atom is 0.271 e. The van der Waals surface area contributed by atoms with Crippen molar-refractivity contribution >= 4 is 44.1 Å². The number of hydrogen-bond donors (Lipinski definition) is 4. The molecule has 1 aromatic carbocycles. The van der Waals surface area contributed by atoms with Crippen LogP contribution in [0.3, 0.4) is 0 Å². The molecule has 0 saturated carbocycles. The van der Waals surface area contributed by atoms with Crippen LogP contribution in [0, 0.1) is 5.92 Å². The molecule has 0 atom stereocenters. The molecular formula is C23H28N6O3S. The first-order valence-electron chi connectivity index (χ1n) is 10.6. The first-order valence-corrected chi connectivity index (χ1v) is 11.4. The average molecular weight is 469 g/mol. The Kier molecular flexibility index (Phi) is 7.96. The van der Waals surface area contributed by atoms with Gasteiger partial charge in [0.25, 0.3) is 11.8 Å². The molecule has 174 valence electrons. The van der Waals surface area contributed by atoms with Gasteiger partial charge < -0.3 is 26.3 Å². The van der Waals surface area contributed by atoms with E-state index in [9.17, 15) is 9.59 Å². The number of primary amides is 1. The number of imidazole rings is 1. The van der Waals surface area contributed by atoms with Crippen molar-refractivity contribution in [3.05, 3.63) is 59.5 Å². The van der Waals surface area contributed by atoms with Crippen LogP contribution in [0.4, 0.5) is 5.13 Å². The number of rotatable bonds is 7. The van der Waals surface area contributed by atoms with E-state index in [1.54, 1.807) is 28.9 Å². The number of anilines is 1. The number of thiazole rings is 1. The maximum absolute atomic E-state index is 12.4. The minimum Gasteiger partial charge on any atom is -0.396 e. The quantitative estimate of drug-likeness (QED) is 0.328. The smallest absolute Gasteiger partial charge is 0.271 e. The molecule has 10 heteroatoms. The highest BCUT2D eigenvalue weighted by Crippen LogP contribution is 2.24.